The van der Waals surface area contributed by atoms with Gasteiger partial charge in [0.05, 0.1) is 0 Å². The van der Waals surface area contributed by atoms with Crippen LogP contribution in [0.15, 0.2) is 24.3 Å². The Hall–Kier alpha value is -1.02. The van der Waals surface area contributed by atoms with Gasteiger partial charge in [-0.25, -0.2) is 0 Å². The molecule has 78 valence electrons. The summed E-state index contributed by atoms with van der Waals surface area (Å²) >= 11 is 0. The molecule has 2 unspecified atom stereocenters. The molecule has 0 radical (unpaired) electrons. The maximum absolute atomic E-state index is 5.82. The molecule has 0 heterocycles. The summed E-state index contributed by atoms with van der Waals surface area (Å²) in [5.74, 6) is 0. The molecule has 0 aliphatic rings. The van der Waals surface area contributed by atoms with E-state index >= 15 is 0 Å². The molecule has 2 heteroatoms. The highest BCUT2D eigenvalue weighted by Crippen LogP contribution is 2.16. The molecule has 3 N–H and O–H groups in total. The average molecular weight is 192 g/mol. The second kappa shape index (κ2) is 5.01. The van der Waals surface area contributed by atoms with Gasteiger partial charge in [0.15, 0.2) is 0 Å². The van der Waals surface area contributed by atoms with E-state index in [0.717, 1.165) is 12.1 Å². The summed E-state index contributed by atoms with van der Waals surface area (Å²) in [6, 6.07) is 8.93. The maximum atomic E-state index is 5.82. The lowest BCUT2D eigenvalue weighted by atomic mass is 10.1. The van der Waals surface area contributed by atoms with E-state index in [1.807, 2.05) is 13.0 Å². The fraction of sp³-hybridized carbons (Fsp3) is 0.500. The van der Waals surface area contributed by atoms with Crippen molar-refractivity contribution in [2.75, 3.05) is 5.32 Å². The lowest BCUT2D eigenvalue weighted by Gasteiger charge is -2.14. The van der Waals surface area contributed by atoms with Crippen LogP contribution in [-0.4, -0.2) is 6.04 Å². The van der Waals surface area contributed by atoms with E-state index in [9.17, 15) is 0 Å². The molecule has 0 aliphatic carbocycles. The van der Waals surface area contributed by atoms with E-state index in [2.05, 4.69) is 37.4 Å². The van der Waals surface area contributed by atoms with Crippen molar-refractivity contribution < 1.29 is 0 Å². The highest BCUT2D eigenvalue weighted by Gasteiger charge is 2.02. The van der Waals surface area contributed by atoms with Crippen LogP contribution < -0.4 is 11.1 Å². The first-order valence-electron chi connectivity index (χ1n) is 5.25. The summed E-state index contributed by atoms with van der Waals surface area (Å²) < 4.78 is 0. The Morgan fingerprint density at radius 2 is 2.07 bits per heavy atom. The van der Waals surface area contributed by atoms with E-state index in [-0.39, 0.29) is 6.04 Å². The fourth-order valence-electron chi connectivity index (χ4n) is 1.30. The molecule has 1 rings (SSSR count). The van der Waals surface area contributed by atoms with Crippen molar-refractivity contribution in [2.24, 2.45) is 5.73 Å². The Balaban J connectivity index is 2.73. The van der Waals surface area contributed by atoms with Crippen LogP contribution in [0, 0.1) is 0 Å². The van der Waals surface area contributed by atoms with Crippen molar-refractivity contribution in [1.29, 1.82) is 0 Å². The number of nitrogens with two attached hydrogens (primary N) is 1. The van der Waals surface area contributed by atoms with Gasteiger partial charge in [-0.3, -0.25) is 0 Å². The molecule has 2 atom stereocenters. The van der Waals surface area contributed by atoms with Crippen molar-refractivity contribution in [3.8, 4) is 0 Å². The van der Waals surface area contributed by atoms with Gasteiger partial charge < -0.3 is 11.1 Å². The third-order valence-electron chi connectivity index (χ3n) is 2.44. The van der Waals surface area contributed by atoms with Crippen LogP contribution in [0.25, 0.3) is 0 Å². The van der Waals surface area contributed by atoms with Gasteiger partial charge in [0.25, 0.3) is 0 Å². The van der Waals surface area contributed by atoms with Crippen LogP contribution in [0.5, 0.6) is 0 Å². The van der Waals surface area contributed by atoms with Crippen molar-refractivity contribution in [3.63, 3.8) is 0 Å². The average Bonchev–Trinajstić information content (AvgIpc) is 2.18. The SMILES string of the molecule is CCC(C)Nc1cccc(C(C)N)c1. The van der Waals surface area contributed by atoms with Gasteiger partial charge in [0.1, 0.15) is 0 Å². The minimum atomic E-state index is 0.105. The normalized spacial score (nSPS) is 14.9. The third kappa shape index (κ3) is 3.04. The predicted octanol–water partition coefficient (Wildman–Crippen LogP) is 2.92. The van der Waals surface area contributed by atoms with Crippen molar-refractivity contribution in [2.45, 2.75) is 39.3 Å². The van der Waals surface area contributed by atoms with Crippen LogP contribution in [0.1, 0.15) is 38.8 Å². The number of anilines is 1. The highest BCUT2D eigenvalue weighted by atomic mass is 14.9. The maximum Gasteiger partial charge on any atom is 0.0345 e. The molecule has 1 aromatic carbocycles. The molecule has 1 aromatic rings. The van der Waals surface area contributed by atoms with Gasteiger partial charge in [0, 0.05) is 17.8 Å². The van der Waals surface area contributed by atoms with Gasteiger partial charge in [-0.15, -0.1) is 0 Å². The number of rotatable bonds is 4. The minimum Gasteiger partial charge on any atom is -0.383 e. The zero-order valence-corrected chi connectivity index (χ0v) is 9.25. The van der Waals surface area contributed by atoms with E-state index < -0.39 is 0 Å². The summed E-state index contributed by atoms with van der Waals surface area (Å²) in [4.78, 5) is 0. The lowest BCUT2D eigenvalue weighted by molar-refractivity contribution is 0.762. The predicted molar refractivity (Wildman–Crippen MR) is 62.4 cm³/mol. The first-order valence-corrected chi connectivity index (χ1v) is 5.25. The molecule has 14 heavy (non-hydrogen) atoms. The molecule has 0 fully saturated rings. The third-order valence-corrected chi connectivity index (χ3v) is 2.44. The minimum absolute atomic E-state index is 0.105. The second-order valence-electron chi connectivity index (χ2n) is 3.87. The van der Waals surface area contributed by atoms with Crippen molar-refractivity contribution in [3.05, 3.63) is 29.8 Å². The van der Waals surface area contributed by atoms with Gasteiger partial charge in [-0.1, -0.05) is 19.1 Å². The fourth-order valence-corrected chi connectivity index (χ4v) is 1.30. The zero-order chi connectivity index (χ0) is 10.6. The van der Waals surface area contributed by atoms with Crippen LogP contribution in [0.3, 0.4) is 0 Å². The molecule has 0 saturated heterocycles. The molecule has 0 aliphatic heterocycles. The summed E-state index contributed by atoms with van der Waals surface area (Å²) in [5.41, 5.74) is 8.16. The van der Waals surface area contributed by atoms with E-state index in [1.165, 1.54) is 5.56 Å². The Morgan fingerprint density at radius 1 is 1.36 bits per heavy atom. The smallest absolute Gasteiger partial charge is 0.0345 e. The summed E-state index contributed by atoms with van der Waals surface area (Å²) in [6.45, 7) is 6.36. The molecule has 0 amide bonds. The standard InChI is InChI=1S/C12H20N2/c1-4-9(2)14-12-7-5-6-11(8-12)10(3)13/h5-10,14H,4,13H2,1-3H3. The second-order valence-corrected chi connectivity index (χ2v) is 3.87. The Kier molecular flexibility index (Phi) is 3.96. The Bertz CT molecular complexity index is 281. The van der Waals surface area contributed by atoms with Gasteiger partial charge in [0.2, 0.25) is 0 Å². The molecule has 0 aromatic heterocycles. The van der Waals surface area contributed by atoms with E-state index in [4.69, 9.17) is 5.73 Å². The molecular weight excluding hydrogens is 172 g/mol. The number of hydrogen-bond acceptors (Lipinski definition) is 2. The van der Waals surface area contributed by atoms with E-state index in [0.29, 0.717) is 6.04 Å². The van der Waals surface area contributed by atoms with Crippen LogP contribution in [0.4, 0.5) is 5.69 Å². The van der Waals surface area contributed by atoms with Crippen LogP contribution in [-0.2, 0) is 0 Å². The topological polar surface area (TPSA) is 38.0 Å². The van der Waals surface area contributed by atoms with Crippen LogP contribution >= 0.6 is 0 Å². The van der Waals surface area contributed by atoms with Crippen molar-refractivity contribution in [1.82, 2.24) is 0 Å². The van der Waals surface area contributed by atoms with E-state index in [1.54, 1.807) is 0 Å². The molecule has 0 spiro atoms. The van der Waals surface area contributed by atoms with Gasteiger partial charge in [-0.2, -0.15) is 0 Å². The first-order chi connectivity index (χ1) is 6.63. The van der Waals surface area contributed by atoms with Crippen molar-refractivity contribution >= 4 is 5.69 Å². The van der Waals surface area contributed by atoms with Crippen LogP contribution in [0.2, 0.25) is 0 Å². The molecule has 0 bridgehead atoms. The summed E-state index contributed by atoms with van der Waals surface area (Å²) in [7, 11) is 0. The quantitative estimate of drug-likeness (QED) is 0.769. The molecule has 0 saturated carbocycles. The monoisotopic (exact) mass is 192 g/mol. The molecule has 2 nitrogen and oxygen atoms in total. The Morgan fingerprint density at radius 3 is 2.64 bits per heavy atom. The number of hydrogen-bond donors (Lipinski definition) is 2. The Labute approximate surface area is 86.5 Å². The first kappa shape index (κ1) is 11.1. The molecular formula is C12H20N2. The zero-order valence-electron chi connectivity index (χ0n) is 9.25. The van der Waals surface area contributed by atoms with Gasteiger partial charge in [-0.05, 0) is 38.0 Å². The number of benzene rings is 1. The highest BCUT2D eigenvalue weighted by molar-refractivity contribution is 5.47. The summed E-state index contributed by atoms with van der Waals surface area (Å²) in [6.07, 6.45) is 1.13. The van der Waals surface area contributed by atoms with Gasteiger partial charge >= 0.3 is 0 Å². The largest absolute Gasteiger partial charge is 0.383 e. The number of nitrogens with one attached hydrogen (secondary N) is 1. The lowest BCUT2D eigenvalue weighted by Crippen LogP contribution is -2.14. The summed E-state index contributed by atoms with van der Waals surface area (Å²) in [5, 5.41) is 3.43.